The van der Waals surface area contributed by atoms with Gasteiger partial charge in [-0.2, -0.15) is 0 Å². The Hall–Kier alpha value is -1.06. The molecule has 0 saturated heterocycles. The van der Waals surface area contributed by atoms with Crippen molar-refractivity contribution in [2.24, 2.45) is 5.73 Å². The molecule has 0 saturated carbocycles. The van der Waals surface area contributed by atoms with Crippen LogP contribution in [0.1, 0.15) is 44.4 Å². The number of hydrogen-bond acceptors (Lipinski definition) is 3. The first kappa shape index (κ1) is 16.0. The second kappa shape index (κ2) is 6.40. The topological polar surface area (TPSA) is 38.5 Å². The van der Waals surface area contributed by atoms with Crippen LogP contribution in [0.25, 0.3) is 0 Å². The van der Waals surface area contributed by atoms with Gasteiger partial charge < -0.3 is 15.4 Å². The Balaban J connectivity index is 3.02. The molecule has 0 fully saturated rings. The molecule has 0 aliphatic rings. The summed E-state index contributed by atoms with van der Waals surface area (Å²) in [5.41, 5.74) is 8.86. The maximum atomic E-state index is 6.33. The fourth-order valence-electron chi connectivity index (χ4n) is 2.04. The first-order valence-corrected chi connectivity index (χ1v) is 6.84. The summed E-state index contributed by atoms with van der Waals surface area (Å²) in [5.74, 6) is 0.888. The van der Waals surface area contributed by atoms with Gasteiger partial charge in [-0.25, -0.2) is 0 Å². The first-order valence-electron chi connectivity index (χ1n) is 6.84. The van der Waals surface area contributed by atoms with E-state index in [1.54, 1.807) is 7.11 Å². The van der Waals surface area contributed by atoms with Crippen LogP contribution in [-0.2, 0) is 5.41 Å². The van der Waals surface area contributed by atoms with Gasteiger partial charge in [-0.1, -0.05) is 32.9 Å². The van der Waals surface area contributed by atoms with Crippen LogP contribution in [0.4, 0.5) is 0 Å². The van der Waals surface area contributed by atoms with Crippen molar-refractivity contribution in [3.8, 4) is 5.75 Å². The molecule has 0 amide bonds. The fraction of sp³-hybridized carbons (Fsp3) is 0.625. The smallest absolute Gasteiger partial charge is 0.123 e. The third kappa shape index (κ3) is 4.51. The fourth-order valence-corrected chi connectivity index (χ4v) is 2.04. The molecule has 1 rings (SSSR count). The monoisotopic (exact) mass is 264 g/mol. The highest BCUT2D eigenvalue weighted by molar-refractivity contribution is 5.41. The lowest BCUT2D eigenvalue weighted by atomic mass is 9.85. The van der Waals surface area contributed by atoms with Crippen LogP contribution >= 0.6 is 0 Å². The summed E-state index contributed by atoms with van der Waals surface area (Å²) in [7, 11) is 5.83. The van der Waals surface area contributed by atoms with E-state index >= 15 is 0 Å². The highest BCUT2D eigenvalue weighted by atomic mass is 16.5. The van der Waals surface area contributed by atoms with Crippen molar-refractivity contribution in [2.75, 3.05) is 27.7 Å². The minimum absolute atomic E-state index is 0.0136. The summed E-state index contributed by atoms with van der Waals surface area (Å²) in [6.07, 6.45) is 0.928. The molecule has 0 aliphatic carbocycles. The Morgan fingerprint density at radius 1 is 1.26 bits per heavy atom. The van der Waals surface area contributed by atoms with Crippen molar-refractivity contribution in [1.29, 1.82) is 0 Å². The third-order valence-corrected chi connectivity index (χ3v) is 3.38. The number of methoxy groups -OCH3 is 1. The van der Waals surface area contributed by atoms with E-state index < -0.39 is 0 Å². The highest BCUT2D eigenvalue weighted by Crippen LogP contribution is 2.31. The molecule has 0 aromatic heterocycles. The molecule has 19 heavy (non-hydrogen) atoms. The maximum Gasteiger partial charge on any atom is 0.123 e. The van der Waals surface area contributed by atoms with E-state index in [4.69, 9.17) is 10.5 Å². The van der Waals surface area contributed by atoms with Gasteiger partial charge in [0.15, 0.2) is 0 Å². The molecular weight excluding hydrogens is 236 g/mol. The van der Waals surface area contributed by atoms with Gasteiger partial charge in [-0.05, 0) is 44.1 Å². The number of rotatable bonds is 5. The summed E-state index contributed by atoms with van der Waals surface area (Å²) in [6.45, 7) is 7.61. The lowest BCUT2D eigenvalue weighted by Gasteiger charge is -2.23. The Bertz CT molecular complexity index is 408. The lowest BCUT2D eigenvalue weighted by molar-refractivity contribution is 0.372. The van der Waals surface area contributed by atoms with E-state index in [1.165, 1.54) is 5.56 Å². The SMILES string of the molecule is COc1ccc(C(C)(C)C)cc1C(N)CCN(C)C. The molecule has 3 heteroatoms. The van der Waals surface area contributed by atoms with E-state index in [-0.39, 0.29) is 11.5 Å². The lowest BCUT2D eigenvalue weighted by Crippen LogP contribution is -2.21. The molecule has 1 aromatic carbocycles. The number of nitrogens with two attached hydrogens (primary N) is 1. The van der Waals surface area contributed by atoms with Gasteiger partial charge in [0.25, 0.3) is 0 Å². The van der Waals surface area contributed by atoms with Gasteiger partial charge in [0.05, 0.1) is 7.11 Å². The summed E-state index contributed by atoms with van der Waals surface area (Å²) >= 11 is 0. The van der Waals surface area contributed by atoms with E-state index in [1.807, 2.05) is 6.07 Å². The van der Waals surface area contributed by atoms with Gasteiger partial charge in [-0.15, -0.1) is 0 Å². The zero-order chi connectivity index (χ0) is 14.6. The number of benzene rings is 1. The van der Waals surface area contributed by atoms with E-state index in [9.17, 15) is 0 Å². The highest BCUT2D eigenvalue weighted by Gasteiger charge is 2.18. The van der Waals surface area contributed by atoms with Crippen LogP contribution in [-0.4, -0.2) is 32.6 Å². The molecule has 0 heterocycles. The number of ether oxygens (including phenoxy) is 1. The third-order valence-electron chi connectivity index (χ3n) is 3.38. The molecule has 1 atom stereocenters. The van der Waals surface area contributed by atoms with Crippen molar-refractivity contribution >= 4 is 0 Å². The summed E-state index contributed by atoms with van der Waals surface area (Å²) in [5, 5.41) is 0. The molecule has 0 spiro atoms. The minimum Gasteiger partial charge on any atom is -0.496 e. The second-order valence-corrected chi connectivity index (χ2v) is 6.41. The van der Waals surface area contributed by atoms with Crippen molar-refractivity contribution in [3.63, 3.8) is 0 Å². The van der Waals surface area contributed by atoms with Gasteiger partial charge in [0.1, 0.15) is 5.75 Å². The summed E-state index contributed by atoms with van der Waals surface area (Å²) in [6, 6.07) is 6.37. The van der Waals surface area contributed by atoms with Crippen molar-refractivity contribution in [3.05, 3.63) is 29.3 Å². The Kier molecular flexibility index (Phi) is 5.39. The average molecular weight is 264 g/mol. The van der Waals surface area contributed by atoms with Gasteiger partial charge in [0.2, 0.25) is 0 Å². The molecule has 0 bridgehead atoms. The van der Waals surface area contributed by atoms with Crippen molar-refractivity contribution < 1.29 is 4.74 Å². The Labute approximate surface area is 117 Å². The van der Waals surface area contributed by atoms with Crippen LogP contribution in [0.3, 0.4) is 0 Å². The molecule has 108 valence electrons. The predicted molar refractivity (Wildman–Crippen MR) is 81.8 cm³/mol. The first-order chi connectivity index (χ1) is 8.75. The van der Waals surface area contributed by atoms with Gasteiger partial charge >= 0.3 is 0 Å². The van der Waals surface area contributed by atoms with Crippen LogP contribution in [0.15, 0.2) is 18.2 Å². The largest absolute Gasteiger partial charge is 0.496 e. The zero-order valence-electron chi connectivity index (χ0n) is 13.2. The van der Waals surface area contributed by atoms with Crippen LogP contribution in [0, 0.1) is 0 Å². The van der Waals surface area contributed by atoms with Crippen LogP contribution in [0.2, 0.25) is 0 Å². The molecular formula is C16H28N2O. The maximum absolute atomic E-state index is 6.33. The summed E-state index contributed by atoms with van der Waals surface area (Å²) < 4.78 is 5.45. The molecule has 0 aliphatic heterocycles. The average Bonchev–Trinajstić information content (AvgIpc) is 2.33. The predicted octanol–water partition coefficient (Wildman–Crippen LogP) is 2.94. The quantitative estimate of drug-likeness (QED) is 0.888. The normalized spacial score (nSPS) is 13.7. The summed E-state index contributed by atoms with van der Waals surface area (Å²) in [4.78, 5) is 2.15. The molecule has 0 radical (unpaired) electrons. The van der Waals surface area contributed by atoms with Crippen molar-refractivity contribution in [2.45, 2.75) is 38.6 Å². The number of nitrogens with zero attached hydrogens (tertiary/aromatic N) is 1. The number of hydrogen-bond donors (Lipinski definition) is 1. The molecule has 1 aromatic rings. The standard InChI is InChI=1S/C16H28N2O/c1-16(2,3)12-7-8-15(19-6)13(11-12)14(17)9-10-18(4)5/h7-8,11,14H,9-10,17H2,1-6H3. The van der Waals surface area contributed by atoms with E-state index in [2.05, 4.69) is 51.9 Å². The Morgan fingerprint density at radius 3 is 2.37 bits per heavy atom. The molecule has 2 N–H and O–H groups in total. The minimum atomic E-state index is 0.0136. The van der Waals surface area contributed by atoms with Gasteiger partial charge in [0, 0.05) is 11.6 Å². The second-order valence-electron chi connectivity index (χ2n) is 6.41. The van der Waals surface area contributed by atoms with Crippen molar-refractivity contribution in [1.82, 2.24) is 4.90 Å². The Morgan fingerprint density at radius 2 is 1.89 bits per heavy atom. The van der Waals surface area contributed by atoms with Crippen LogP contribution < -0.4 is 10.5 Å². The van der Waals surface area contributed by atoms with E-state index in [0.717, 1.165) is 24.3 Å². The molecule has 3 nitrogen and oxygen atoms in total. The zero-order valence-corrected chi connectivity index (χ0v) is 13.2. The van der Waals surface area contributed by atoms with Gasteiger partial charge in [-0.3, -0.25) is 0 Å². The van der Waals surface area contributed by atoms with Crippen LogP contribution in [0.5, 0.6) is 5.75 Å². The van der Waals surface area contributed by atoms with E-state index in [0.29, 0.717) is 0 Å². The molecule has 1 unspecified atom stereocenters.